The van der Waals surface area contributed by atoms with Gasteiger partial charge in [0.1, 0.15) is 29.3 Å². The van der Waals surface area contributed by atoms with E-state index in [0.717, 1.165) is 32.1 Å². The number of carbonyl (C=O) groups excluding carboxylic acids is 3. The fraction of sp³-hybridized carbons (Fsp3) is 0.520. The van der Waals surface area contributed by atoms with Crippen LogP contribution in [0.4, 0.5) is 0 Å². The number of H-pyrrole nitrogens is 1. The number of hydrogen-bond donors (Lipinski definition) is 3. The summed E-state index contributed by atoms with van der Waals surface area (Å²) in [4.78, 5) is 41.3. The van der Waals surface area contributed by atoms with Crippen LogP contribution in [0.1, 0.15) is 61.9 Å². The molecule has 2 fully saturated rings. The van der Waals surface area contributed by atoms with Crippen molar-refractivity contribution >= 4 is 40.1 Å². The molecule has 0 radical (unpaired) electrons. The number of nitriles is 1. The van der Waals surface area contributed by atoms with Crippen LogP contribution in [0, 0.1) is 23.2 Å². The number of nitrogens with one attached hydrogen (secondary N) is 3. The van der Waals surface area contributed by atoms with Gasteiger partial charge in [-0.05, 0) is 49.8 Å². The third kappa shape index (κ3) is 5.71. The number of hydrogen-bond acceptors (Lipinski definition) is 5. The van der Waals surface area contributed by atoms with Gasteiger partial charge in [0.2, 0.25) is 5.91 Å². The highest BCUT2D eigenvalue weighted by Gasteiger charge is 2.33. The predicted octanol–water partition coefficient (Wildman–Crippen LogP) is 3.89. The van der Waals surface area contributed by atoms with Gasteiger partial charge >= 0.3 is 0 Å². The molecule has 2 aromatic rings. The maximum Gasteiger partial charge on any atom is 0.268 e. The highest BCUT2D eigenvalue weighted by molar-refractivity contribution is 6.31. The quantitative estimate of drug-likeness (QED) is 0.498. The Morgan fingerprint density at radius 3 is 2.68 bits per heavy atom. The van der Waals surface area contributed by atoms with Crippen molar-refractivity contribution in [2.75, 3.05) is 7.11 Å². The topological polar surface area (TPSA) is 124 Å². The van der Waals surface area contributed by atoms with Gasteiger partial charge in [-0.2, -0.15) is 5.26 Å². The molecular weight excluding hydrogens is 456 g/mol. The van der Waals surface area contributed by atoms with E-state index in [1.54, 1.807) is 18.2 Å². The highest BCUT2D eigenvalue weighted by atomic mass is 35.5. The monoisotopic (exact) mass is 484 g/mol. The minimum atomic E-state index is -0.769. The number of carbonyl (C=O) groups is 3. The first-order valence-electron chi connectivity index (χ1n) is 11.8. The molecule has 9 heteroatoms. The lowest BCUT2D eigenvalue weighted by Crippen LogP contribution is -2.50. The van der Waals surface area contributed by atoms with Crippen molar-refractivity contribution in [1.29, 1.82) is 5.26 Å². The van der Waals surface area contributed by atoms with Crippen LogP contribution in [-0.2, 0) is 9.59 Å². The summed E-state index contributed by atoms with van der Waals surface area (Å²) in [5.41, 5.74) is 0.938. The Morgan fingerprint density at radius 2 is 2.00 bits per heavy atom. The van der Waals surface area contributed by atoms with Crippen LogP contribution in [-0.4, -0.2) is 41.8 Å². The fourth-order valence-electron chi connectivity index (χ4n) is 4.62. The summed E-state index contributed by atoms with van der Waals surface area (Å²) in [6, 6.07) is 5.62. The lowest BCUT2D eigenvalue weighted by molar-refractivity contribution is -0.126. The number of halogens is 1. The molecule has 1 aromatic heterocycles. The predicted molar refractivity (Wildman–Crippen MR) is 128 cm³/mol. The summed E-state index contributed by atoms with van der Waals surface area (Å²) >= 11 is 6.12. The van der Waals surface area contributed by atoms with E-state index in [2.05, 4.69) is 21.7 Å². The normalized spacial score (nSPS) is 19.8. The Morgan fingerprint density at radius 1 is 1.21 bits per heavy atom. The van der Waals surface area contributed by atoms with Gasteiger partial charge in [-0.3, -0.25) is 14.4 Å². The molecule has 1 aromatic carbocycles. The molecule has 3 unspecified atom stereocenters. The van der Waals surface area contributed by atoms with Gasteiger partial charge in [-0.25, -0.2) is 0 Å². The Kier molecular flexibility index (Phi) is 7.42. The number of aromatic amines is 1. The number of rotatable bonds is 9. The average Bonchev–Trinajstić information content (AvgIpc) is 3.54. The summed E-state index contributed by atoms with van der Waals surface area (Å²) in [6.45, 7) is 0. The van der Waals surface area contributed by atoms with E-state index >= 15 is 0 Å². The minimum absolute atomic E-state index is 0.165. The molecule has 1 heterocycles. The van der Waals surface area contributed by atoms with Gasteiger partial charge in [-0.15, -0.1) is 0 Å². The summed E-state index contributed by atoms with van der Waals surface area (Å²) in [7, 11) is 1.53. The Balaban J connectivity index is 1.45. The van der Waals surface area contributed by atoms with Gasteiger partial charge < -0.3 is 20.4 Å². The molecule has 8 nitrogen and oxygen atoms in total. The van der Waals surface area contributed by atoms with Crippen molar-refractivity contribution < 1.29 is 19.1 Å². The number of amides is 2. The molecule has 2 saturated carbocycles. The van der Waals surface area contributed by atoms with Crippen LogP contribution in [0.15, 0.2) is 18.2 Å². The second kappa shape index (κ2) is 10.5. The Hall–Kier alpha value is -3.05. The number of methoxy groups -OCH3 is 1. The minimum Gasteiger partial charge on any atom is -0.496 e. The molecule has 2 aliphatic rings. The standard InChI is InChI=1S/C25H29ClN4O4/c1-34-23-11-16(26)10-19-18(23)12-21(29-19)25(33)30-20(8-14-6-7-14)24(32)28-17(13-27)9-15-4-2-3-5-22(15)31/h10-12,14-15,17,20,29H,2-9H2,1H3,(H,28,32)(H,30,33). The number of Topliss-reactive ketones (excluding diaryl/α,β-unsaturated/α-hetero) is 1. The van der Waals surface area contributed by atoms with Gasteiger partial charge in [0.25, 0.3) is 5.91 Å². The number of ketones is 1. The number of ether oxygens (including phenoxy) is 1. The van der Waals surface area contributed by atoms with Gasteiger partial charge in [0, 0.05) is 22.7 Å². The maximum absolute atomic E-state index is 13.1. The van der Waals surface area contributed by atoms with E-state index in [0.29, 0.717) is 46.9 Å². The molecule has 0 saturated heterocycles. The second-order valence-corrected chi connectivity index (χ2v) is 9.73. The van der Waals surface area contributed by atoms with Crippen molar-refractivity contribution in [3.63, 3.8) is 0 Å². The van der Waals surface area contributed by atoms with E-state index in [1.807, 2.05) is 0 Å². The lowest BCUT2D eigenvalue weighted by atomic mass is 9.84. The molecular formula is C25H29ClN4O4. The second-order valence-electron chi connectivity index (χ2n) is 9.29. The number of nitrogens with zero attached hydrogens (tertiary/aromatic N) is 1. The average molecular weight is 485 g/mol. The van der Waals surface area contributed by atoms with E-state index in [1.165, 1.54) is 7.11 Å². The molecule has 0 bridgehead atoms. The van der Waals surface area contributed by atoms with Crippen molar-refractivity contribution in [3.05, 3.63) is 28.9 Å². The van der Waals surface area contributed by atoms with Crippen molar-refractivity contribution in [1.82, 2.24) is 15.6 Å². The number of benzene rings is 1. The Bertz CT molecular complexity index is 1130. The van der Waals surface area contributed by atoms with Crippen molar-refractivity contribution in [3.8, 4) is 11.8 Å². The summed E-state index contributed by atoms with van der Waals surface area (Å²) in [6.07, 6.45) is 5.99. The molecule has 2 aliphatic carbocycles. The highest BCUT2D eigenvalue weighted by Crippen LogP contribution is 2.34. The first-order valence-corrected chi connectivity index (χ1v) is 12.2. The summed E-state index contributed by atoms with van der Waals surface area (Å²) < 4.78 is 5.35. The first kappa shape index (κ1) is 24.1. The summed E-state index contributed by atoms with van der Waals surface area (Å²) in [5, 5.41) is 16.4. The van der Waals surface area contributed by atoms with Gasteiger partial charge in [0.05, 0.1) is 18.7 Å². The summed E-state index contributed by atoms with van der Waals surface area (Å²) in [5.74, 6) is 0.0662. The lowest BCUT2D eigenvalue weighted by Gasteiger charge is -2.24. The van der Waals surface area contributed by atoms with E-state index < -0.39 is 23.9 Å². The van der Waals surface area contributed by atoms with Crippen LogP contribution < -0.4 is 15.4 Å². The third-order valence-corrected chi connectivity index (χ3v) is 6.91. The fourth-order valence-corrected chi connectivity index (χ4v) is 4.83. The largest absolute Gasteiger partial charge is 0.496 e. The first-order chi connectivity index (χ1) is 16.4. The molecule has 180 valence electrons. The van der Waals surface area contributed by atoms with Crippen molar-refractivity contribution in [2.24, 2.45) is 11.8 Å². The third-order valence-electron chi connectivity index (χ3n) is 6.69. The van der Waals surface area contributed by atoms with Gasteiger partial charge in [-0.1, -0.05) is 30.9 Å². The molecule has 34 heavy (non-hydrogen) atoms. The molecule has 0 aliphatic heterocycles. The maximum atomic E-state index is 13.1. The number of fused-ring (bicyclic) bond motifs is 1. The van der Waals surface area contributed by atoms with Crippen LogP contribution >= 0.6 is 11.6 Å². The zero-order valence-corrected chi connectivity index (χ0v) is 19.9. The van der Waals surface area contributed by atoms with E-state index in [-0.39, 0.29) is 17.4 Å². The van der Waals surface area contributed by atoms with Crippen molar-refractivity contribution in [2.45, 2.75) is 63.5 Å². The smallest absolute Gasteiger partial charge is 0.268 e. The SMILES string of the molecule is COc1cc(Cl)cc2[nH]c(C(=O)NC(CC3CC3)C(=O)NC(C#N)CC3CCCCC3=O)cc12. The van der Waals surface area contributed by atoms with Crippen LogP contribution in [0.5, 0.6) is 5.75 Å². The van der Waals surface area contributed by atoms with Crippen LogP contribution in [0.25, 0.3) is 10.9 Å². The molecule has 2 amide bonds. The van der Waals surface area contributed by atoms with Crippen LogP contribution in [0.2, 0.25) is 5.02 Å². The molecule has 3 N–H and O–H groups in total. The van der Waals surface area contributed by atoms with Crippen LogP contribution in [0.3, 0.4) is 0 Å². The number of aromatic nitrogens is 1. The van der Waals surface area contributed by atoms with E-state index in [4.69, 9.17) is 16.3 Å². The molecule has 0 spiro atoms. The Labute approximate surface area is 203 Å². The van der Waals surface area contributed by atoms with E-state index in [9.17, 15) is 19.6 Å². The molecule has 4 rings (SSSR count). The zero-order valence-electron chi connectivity index (χ0n) is 19.2. The zero-order chi connectivity index (χ0) is 24.2. The van der Waals surface area contributed by atoms with Gasteiger partial charge in [0.15, 0.2) is 0 Å². The molecule has 3 atom stereocenters.